The summed E-state index contributed by atoms with van der Waals surface area (Å²) in [6, 6.07) is 7.69. The molecule has 0 radical (unpaired) electrons. The molecule has 0 bridgehead atoms. The van der Waals surface area contributed by atoms with E-state index in [1.807, 2.05) is 31.2 Å². The van der Waals surface area contributed by atoms with Gasteiger partial charge in [0.2, 0.25) is 0 Å². The summed E-state index contributed by atoms with van der Waals surface area (Å²) in [7, 11) is 0. The van der Waals surface area contributed by atoms with Crippen molar-refractivity contribution in [3.05, 3.63) is 29.3 Å². The number of hydrogen-bond donors (Lipinski definition) is 1. The minimum Gasteiger partial charge on any atom is -0.487 e. The molecule has 1 atom stereocenters. The molecule has 0 aliphatic heterocycles. The van der Waals surface area contributed by atoms with Gasteiger partial charge in [-0.05, 0) is 31.3 Å². The number of rotatable bonds is 5. The van der Waals surface area contributed by atoms with E-state index in [0.717, 1.165) is 10.2 Å². The summed E-state index contributed by atoms with van der Waals surface area (Å²) in [5.41, 5.74) is 0.859. The lowest BCUT2D eigenvalue weighted by Crippen LogP contribution is -2.17. The van der Waals surface area contributed by atoms with Gasteiger partial charge in [0.15, 0.2) is 5.05 Å². The summed E-state index contributed by atoms with van der Waals surface area (Å²) in [5.74, 6) is -1.38. The summed E-state index contributed by atoms with van der Waals surface area (Å²) >= 11 is 6.62. The number of carbonyl (C=O) groups is 1. The molecular weight excluding hydrogens is 282 g/mol. The van der Waals surface area contributed by atoms with Crippen LogP contribution in [0.5, 0.6) is 0 Å². The second kappa shape index (κ2) is 6.08. The van der Waals surface area contributed by atoms with E-state index in [0.29, 0.717) is 16.7 Å². The lowest BCUT2D eigenvalue weighted by Gasteiger charge is -2.13. The molecule has 0 fully saturated rings. The zero-order chi connectivity index (χ0) is 13.8. The van der Waals surface area contributed by atoms with Crippen LogP contribution in [-0.2, 0) is 9.53 Å². The van der Waals surface area contributed by atoms with E-state index in [2.05, 4.69) is 4.98 Å². The molecule has 2 rings (SSSR count). The van der Waals surface area contributed by atoms with Crippen molar-refractivity contribution in [1.82, 2.24) is 4.98 Å². The number of benzene rings is 1. The Morgan fingerprint density at radius 2 is 2.26 bits per heavy atom. The normalized spacial score (nSPS) is 12.3. The fourth-order valence-corrected chi connectivity index (χ4v) is 3.18. The first-order valence-corrected chi connectivity index (χ1v) is 7.08. The van der Waals surface area contributed by atoms with Crippen molar-refractivity contribution in [3.63, 3.8) is 0 Å². The van der Waals surface area contributed by atoms with E-state index < -0.39 is 11.9 Å². The molecule has 6 heteroatoms. The minimum atomic E-state index is -0.911. The van der Waals surface area contributed by atoms with Crippen LogP contribution in [0.2, 0.25) is 0 Å². The Morgan fingerprint density at radius 1 is 1.53 bits per heavy atom. The predicted octanol–water partition coefficient (Wildman–Crippen LogP) is 3.22. The van der Waals surface area contributed by atoms with Crippen molar-refractivity contribution >= 4 is 44.8 Å². The second-order valence-corrected chi connectivity index (χ2v) is 5.39. The zero-order valence-corrected chi connectivity index (χ0v) is 12.0. The summed E-state index contributed by atoms with van der Waals surface area (Å²) in [6.07, 6.45) is -0.0986. The first kappa shape index (κ1) is 13.9. The number of thiazole rings is 1. The largest absolute Gasteiger partial charge is 0.487 e. The third-order valence-corrected chi connectivity index (χ3v) is 4.11. The molecule has 4 nitrogen and oxygen atoms in total. The number of hydrogen-bond acceptors (Lipinski definition) is 5. The van der Waals surface area contributed by atoms with Gasteiger partial charge in [0, 0.05) is 0 Å². The Morgan fingerprint density at radius 3 is 2.89 bits per heavy atom. The van der Waals surface area contributed by atoms with Crippen molar-refractivity contribution < 1.29 is 14.6 Å². The standard InChI is InChI=1S/C13H13NO3S2/c1-2-17-13(18)8(7-11(15)16)12-14-9-5-3-4-6-10(9)19-12/h3-6,8H,2,7H2,1H3,(H,15,16). The van der Waals surface area contributed by atoms with Gasteiger partial charge in [-0.3, -0.25) is 4.79 Å². The van der Waals surface area contributed by atoms with Crippen molar-refractivity contribution in [2.75, 3.05) is 6.61 Å². The molecule has 0 saturated heterocycles. The number of nitrogens with zero attached hydrogens (tertiary/aromatic N) is 1. The van der Waals surface area contributed by atoms with Crippen LogP contribution in [0.4, 0.5) is 0 Å². The first-order chi connectivity index (χ1) is 9.11. The van der Waals surface area contributed by atoms with Crippen LogP contribution >= 0.6 is 23.6 Å². The molecule has 0 amide bonds. The number of thiocarbonyl (C=S) groups is 1. The van der Waals surface area contributed by atoms with E-state index in [4.69, 9.17) is 22.1 Å². The Hall–Kier alpha value is -1.53. The van der Waals surface area contributed by atoms with Crippen LogP contribution in [0.25, 0.3) is 10.2 Å². The highest BCUT2D eigenvalue weighted by molar-refractivity contribution is 7.80. The van der Waals surface area contributed by atoms with Crippen LogP contribution in [0.3, 0.4) is 0 Å². The molecule has 0 saturated carbocycles. The number of ether oxygens (including phenoxy) is 1. The molecule has 0 aliphatic carbocycles. The SMILES string of the molecule is CCOC(=S)C(CC(=O)O)c1nc2ccccc2s1. The quantitative estimate of drug-likeness (QED) is 0.858. The van der Waals surface area contributed by atoms with Crippen LogP contribution in [0.15, 0.2) is 24.3 Å². The second-order valence-electron chi connectivity index (χ2n) is 3.92. The van der Waals surface area contributed by atoms with Gasteiger partial charge < -0.3 is 9.84 Å². The topological polar surface area (TPSA) is 59.4 Å². The van der Waals surface area contributed by atoms with Crippen molar-refractivity contribution in [3.8, 4) is 0 Å². The van der Waals surface area contributed by atoms with Gasteiger partial charge in [0.25, 0.3) is 0 Å². The molecule has 1 heterocycles. The molecule has 19 heavy (non-hydrogen) atoms. The molecule has 1 aromatic heterocycles. The third-order valence-electron chi connectivity index (χ3n) is 2.56. The number of carboxylic acids is 1. The Labute approximate surface area is 120 Å². The van der Waals surface area contributed by atoms with E-state index in [1.54, 1.807) is 0 Å². The minimum absolute atomic E-state index is 0.0986. The lowest BCUT2D eigenvalue weighted by molar-refractivity contribution is -0.137. The molecule has 0 aliphatic rings. The molecule has 1 N–H and O–H groups in total. The van der Waals surface area contributed by atoms with E-state index in [1.165, 1.54) is 11.3 Å². The van der Waals surface area contributed by atoms with Gasteiger partial charge in [0.1, 0.15) is 5.01 Å². The predicted molar refractivity (Wildman–Crippen MR) is 78.8 cm³/mol. The molecular formula is C13H13NO3S2. The number of aliphatic carboxylic acids is 1. The average molecular weight is 295 g/mol. The van der Waals surface area contributed by atoms with E-state index >= 15 is 0 Å². The number of fused-ring (bicyclic) bond motifs is 1. The van der Waals surface area contributed by atoms with Crippen molar-refractivity contribution in [2.45, 2.75) is 19.3 Å². The summed E-state index contributed by atoms with van der Waals surface area (Å²) in [6.45, 7) is 2.25. The van der Waals surface area contributed by atoms with Crippen LogP contribution in [-0.4, -0.2) is 27.7 Å². The number of para-hydroxylation sites is 1. The zero-order valence-electron chi connectivity index (χ0n) is 10.3. The third kappa shape index (κ3) is 3.27. The van der Waals surface area contributed by atoms with Gasteiger partial charge in [-0.25, -0.2) is 4.98 Å². The number of carboxylic acid groups (broad SMARTS) is 1. The van der Waals surface area contributed by atoms with Gasteiger partial charge in [0.05, 0.1) is 29.2 Å². The summed E-state index contributed by atoms with van der Waals surface area (Å²) in [4.78, 5) is 15.4. The fourth-order valence-electron chi connectivity index (χ4n) is 1.73. The van der Waals surface area contributed by atoms with Gasteiger partial charge >= 0.3 is 5.97 Å². The Kier molecular flexibility index (Phi) is 4.44. The monoisotopic (exact) mass is 295 g/mol. The summed E-state index contributed by atoms with van der Waals surface area (Å²) < 4.78 is 6.31. The number of aromatic nitrogens is 1. The fraction of sp³-hybridized carbons (Fsp3) is 0.308. The van der Waals surface area contributed by atoms with Crippen LogP contribution in [0, 0.1) is 0 Å². The highest BCUT2D eigenvalue weighted by atomic mass is 32.1. The molecule has 1 unspecified atom stereocenters. The molecule has 0 spiro atoms. The van der Waals surface area contributed by atoms with Crippen molar-refractivity contribution in [1.29, 1.82) is 0 Å². The molecule has 1 aromatic carbocycles. The average Bonchev–Trinajstić information content (AvgIpc) is 2.79. The maximum atomic E-state index is 11.0. The van der Waals surface area contributed by atoms with Gasteiger partial charge in [-0.1, -0.05) is 12.1 Å². The van der Waals surface area contributed by atoms with E-state index in [9.17, 15) is 4.79 Å². The first-order valence-electron chi connectivity index (χ1n) is 5.85. The maximum Gasteiger partial charge on any atom is 0.304 e. The highest BCUT2D eigenvalue weighted by Crippen LogP contribution is 2.30. The van der Waals surface area contributed by atoms with Crippen molar-refractivity contribution in [2.24, 2.45) is 0 Å². The smallest absolute Gasteiger partial charge is 0.304 e. The maximum absolute atomic E-state index is 11.0. The van der Waals surface area contributed by atoms with Crippen LogP contribution in [0.1, 0.15) is 24.3 Å². The Bertz CT molecular complexity index is 576. The highest BCUT2D eigenvalue weighted by Gasteiger charge is 2.25. The molecule has 100 valence electrons. The molecule has 2 aromatic rings. The lowest BCUT2D eigenvalue weighted by atomic mass is 10.1. The van der Waals surface area contributed by atoms with Gasteiger partial charge in [-0.2, -0.15) is 0 Å². The van der Waals surface area contributed by atoms with Crippen LogP contribution < -0.4 is 0 Å². The van der Waals surface area contributed by atoms with E-state index in [-0.39, 0.29) is 6.42 Å². The van der Waals surface area contributed by atoms with Gasteiger partial charge in [-0.15, -0.1) is 11.3 Å². The Balaban J connectivity index is 2.35. The summed E-state index contributed by atoms with van der Waals surface area (Å²) in [5, 5.41) is 9.99.